The highest BCUT2D eigenvalue weighted by Gasteiger charge is 2.73. The van der Waals surface area contributed by atoms with Gasteiger partial charge in [0.05, 0.1) is 10.4 Å². The number of Topliss-reactive ketones (excluding diaryl/α,β-unsaturated/α-hetero) is 1. The second-order valence-corrected chi connectivity index (χ2v) is 11.2. The molecule has 0 bridgehead atoms. The fraction of sp³-hybridized carbons (Fsp3) is 0.739. The summed E-state index contributed by atoms with van der Waals surface area (Å²) in [5.74, 6) is -1.31. The molecular formula is C23H30BrFO5. The number of carbonyl (C=O) groups is 2. The van der Waals surface area contributed by atoms with Crippen molar-refractivity contribution in [1.29, 1.82) is 0 Å². The Morgan fingerprint density at radius 1 is 1.33 bits per heavy atom. The number of hydrogen-bond acceptors (Lipinski definition) is 5. The lowest BCUT2D eigenvalue weighted by Gasteiger charge is -2.64. The van der Waals surface area contributed by atoms with Crippen LogP contribution >= 0.6 is 15.9 Å². The van der Waals surface area contributed by atoms with Crippen LogP contribution in [0.25, 0.3) is 0 Å². The maximum atomic E-state index is 14.4. The van der Waals surface area contributed by atoms with E-state index in [-0.39, 0.29) is 24.4 Å². The minimum absolute atomic E-state index is 0.00183. The topological polar surface area (TPSA) is 72.8 Å². The first-order chi connectivity index (χ1) is 14.0. The van der Waals surface area contributed by atoms with Crippen LogP contribution in [0.1, 0.15) is 52.9 Å². The van der Waals surface area contributed by atoms with Crippen LogP contribution in [-0.4, -0.2) is 46.6 Å². The van der Waals surface area contributed by atoms with Gasteiger partial charge >= 0.3 is 0 Å². The third kappa shape index (κ3) is 2.55. The average Bonchev–Trinajstić information content (AvgIpc) is 2.96. The molecule has 0 unspecified atom stereocenters. The van der Waals surface area contributed by atoms with E-state index in [1.165, 1.54) is 19.3 Å². The van der Waals surface area contributed by atoms with Gasteiger partial charge in [0.15, 0.2) is 11.6 Å². The quantitative estimate of drug-likeness (QED) is 0.481. The first-order valence-corrected chi connectivity index (χ1v) is 11.4. The predicted molar refractivity (Wildman–Crippen MR) is 113 cm³/mol. The number of alkyl halides is 1. The Morgan fingerprint density at radius 3 is 2.67 bits per heavy atom. The molecule has 0 saturated heterocycles. The zero-order chi connectivity index (χ0) is 22.1. The highest BCUT2D eigenvalue weighted by atomic mass is 79.9. The number of halogens is 2. The summed E-state index contributed by atoms with van der Waals surface area (Å²) < 4.78 is 24.8. The first-order valence-electron chi connectivity index (χ1n) is 10.6. The van der Waals surface area contributed by atoms with Crippen molar-refractivity contribution in [3.8, 4) is 0 Å². The molecule has 0 radical (unpaired) electrons. The first kappa shape index (κ1) is 22.3. The fourth-order valence-corrected chi connectivity index (χ4v) is 8.41. The number of carbonyl (C=O) groups excluding carboxylic acids is 2. The van der Waals surface area contributed by atoms with Gasteiger partial charge in [-0.3, -0.25) is 9.59 Å². The van der Waals surface area contributed by atoms with Gasteiger partial charge in [0.1, 0.15) is 12.4 Å². The Hall–Kier alpha value is -0.890. The number of aliphatic hydroxyl groups is 1. The standard InChI is InChI=1S/C23H30BrFO5/c1-13(26)22(30-12-29-4)8-7-15-16-6-5-14-9-18(27)17(25)10-20(14,2)23(16,24)19(28)11-21(15,22)3/h9-10,15-16,19,28H,5-8,11-12H2,1-4H3/t15-,16-,19-,20-,21-,22-,23-/m0/s1. The second-order valence-electron chi connectivity index (χ2n) is 9.86. The predicted octanol–water partition coefficient (Wildman–Crippen LogP) is 4.03. The largest absolute Gasteiger partial charge is 0.392 e. The van der Waals surface area contributed by atoms with Gasteiger partial charge in [0.2, 0.25) is 5.78 Å². The van der Waals surface area contributed by atoms with E-state index in [9.17, 15) is 19.1 Å². The van der Waals surface area contributed by atoms with Gasteiger partial charge in [-0.1, -0.05) is 35.4 Å². The molecule has 7 atom stereocenters. The van der Waals surface area contributed by atoms with E-state index < -0.39 is 38.5 Å². The van der Waals surface area contributed by atoms with E-state index in [1.807, 2.05) is 13.8 Å². The lowest BCUT2D eigenvalue weighted by atomic mass is 9.46. The van der Waals surface area contributed by atoms with Crippen molar-refractivity contribution in [2.75, 3.05) is 13.9 Å². The molecule has 0 spiro atoms. The molecule has 5 nitrogen and oxygen atoms in total. The molecule has 30 heavy (non-hydrogen) atoms. The summed E-state index contributed by atoms with van der Waals surface area (Å²) in [6, 6.07) is 0. The summed E-state index contributed by atoms with van der Waals surface area (Å²) in [5.41, 5.74) is -1.54. The summed E-state index contributed by atoms with van der Waals surface area (Å²) in [4.78, 5) is 24.8. The van der Waals surface area contributed by atoms with Crippen LogP contribution in [0.15, 0.2) is 23.6 Å². The zero-order valence-corrected chi connectivity index (χ0v) is 19.6. The number of fused-ring (bicyclic) bond motifs is 5. The van der Waals surface area contributed by atoms with E-state index in [0.29, 0.717) is 19.3 Å². The molecule has 4 rings (SSSR count). The summed E-state index contributed by atoms with van der Waals surface area (Å²) in [6.45, 7) is 5.53. The third-order valence-electron chi connectivity index (χ3n) is 8.81. The molecule has 3 fully saturated rings. The molecule has 166 valence electrons. The SMILES string of the molecule is COCO[C@]1(C(C)=O)CC[C@H]2[C@@H]3CCC4=CC(=O)C(F)=C[C@]4(C)[C@@]3(Br)[C@@H](O)C[C@@]21C. The third-order valence-corrected chi connectivity index (χ3v) is 10.8. The fourth-order valence-electron chi connectivity index (χ4n) is 7.33. The zero-order valence-electron chi connectivity index (χ0n) is 18.0. The minimum atomic E-state index is -1.01. The van der Waals surface area contributed by atoms with Crippen LogP contribution in [0.3, 0.4) is 0 Å². The van der Waals surface area contributed by atoms with Gasteiger partial charge < -0.3 is 14.6 Å². The lowest BCUT2D eigenvalue weighted by molar-refractivity contribution is -0.207. The number of ketones is 2. The monoisotopic (exact) mass is 484 g/mol. The van der Waals surface area contributed by atoms with Gasteiger partial charge in [-0.15, -0.1) is 0 Å². The molecular weight excluding hydrogens is 455 g/mol. The maximum Gasteiger partial charge on any atom is 0.213 e. The molecule has 0 aromatic heterocycles. The highest BCUT2D eigenvalue weighted by molar-refractivity contribution is 9.10. The molecule has 7 heteroatoms. The molecule has 1 N–H and O–H groups in total. The molecule has 4 aliphatic carbocycles. The number of aliphatic hydroxyl groups excluding tert-OH is 1. The van der Waals surface area contributed by atoms with Crippen LogP contribution in [0.2, 0.25) is 0 Å². The number of methoxy groups -OCH3 is 1. The van der Waals surface area contributed by atoms with Crippen LogP contribution < -0.4 is 0 Å². The number of hydrogen-bond donors (Lipinski definition) is 1. The molecule has 0 aromatic rings. The van der Waals surface area contributed by atoms with E-state index in [2.05, 4.69) is 15.9 Å². The molecule has 4 aliphatic rings. The van der Waals surface area contributed by atoms with Crippen molar-refractivity contribution in [2.24, 2.45) is 22.7 Å². The Morgan fingerprint density at radius 2 is 2.03 bits per heavy atom. The Labute approximate surface area is 185 Å². The van der Waals surface area contributed by atoms with Crippen molar-refractivity contribution in [3.63, 3.8) is 0 Å². The minimum Gasteiger partial charge on any atom is -0.392 e. The molecule has 0 aromatic carbocycles. The van der Waals surface area contributed by atoms with Crippen molar-refractivity contribution >= 4 is 27.5 Å². The summed E-state index contributed by atoms with van der Waals surface area (Å²) >= 11 is 3.91. The van der Waals surface area contributed by atoms with Crippen LogP contribution in [-0.2, 0) is 19.1 Å². The highest BCUT2D eigenvalue weighted by Crippen LogP contribution is 2.71. The van der Waals surface area contributed by atoms with E-state index in [0.717, 1.165) is 18.4 Å². The van der Waals surface area contributed by atoms with E-state index in [1.54, 1.807) is 6.92 Å². The Bertz CT molecular complexity index is 855. The summed E-state index contributed by atoms with van der Waals surface area (Å²) in [5, 5.41) is 11.6. The smallest absolute Gasteiger partial charge is 0.213 e. The Balaban J connectivity index is 1.81. The number of allylic oxidation sites excluding steroid dienone is 4. The van der Waals surface area contributed by atoms with Crippen LogP contribution in [0.5, 0.6) is 0 Å². The summed E-state index contributed by atoms with van der Waals surface area (Å²) in [7, 11) is 1.53. The van der Waals surface area contributed by atoms with Gasteiger partial charge in [-0.2, -0.15) is 0 Å². The second kappa shape index (κ2) is 7.06. The van der Waals surface area contributed by atoms with Crippen molar-refractivity contribution in [1.82, 2.24) is 0 Å². The van der Waals surface area contributed by atoms with Gasteiger partial charge in [-0.05, 0) is 63.0 Å². The van der Waals surface area contributed by atoms with Gasteiger partial charge in [-0.25, -0.2) is 4.39 Å². The van der Waals surface area contributed by atoms with Gasteiger partial charge in [0.25, 0.3) is 0 Å². The van der Waals surface area contributed by atoms with E-state index >= 15 is 0 Å². The number of rotatable bonds is 4. The normalized spacial score (nSPS) is 47.7. The van der Waals surface area contributed by atoms with Crippen LogP contribution in [0.4, 0.5) is 4.39 Å². The Kier molecular flexibility index (Phi) is 5.25. The van der Waals surface area contributed by atoms with Crippen molar-refractivity contribution in [3.05, 3.63) is 23.6 Å². The summed E-state index contributed by atoms with van der Waals surface area (Å²) in [6.07, 6.45) is 5.07. The molecule has 0 amide bonds. The van der Waals surface area contributed by atoms with Crippen molar-refractivity contribution < 1.29 is 28.6 Å². The maximum absolute atomic E-state index is 14.4. The van der Waals surface area contributed by atoms with Crippen LogP contribution in [0, 0.1) is 22.7 Å². The van der Waals surface area contributed by atoms with Crippen molar-refractivity contribution in [2.45, 2.75) is 68.9 Å². The van der Waals surface area contributed by atoms with Gasteiger partial charge in [0, 0.05) is 17.9 Å². The number of ether oxygens (including phenoxy) is 2. The molecule has 0 heterocycles. The average molecular weight is 485 g/mol. The lowest BCUT2D eigenvalue weighted by Crippen LogP contribution is -2.68. The molecule has 0 aliphatic heterocycles. The van der Waals surface area contributed by atoms with E-state index in [4.69, 9.17) is 9.47 Å². The molecule has 3 saturated carbocycles.